The van der Waals surface area contributed by atoms with Gasteiger partial charge in [0.05, 0.1) is 28.6 Å². The summed E-state index contributed by atoms with van der Waals surface area (Å²) >= 11 is 0. The molecule has 1 N–H and O–H groups in total. The van der Waals surface area contributed by atoms with Crippen LogP contribution in [0.4, 0.5) is 0 Å². The van der Waals surface area contributed by atoms with Gasteiger partial charge in [0, 0.05) is 26.7 Å². The maximum atomic E-state index is 13.8. The van der Waals surface area contributed by atoms with Crippen LogP contribution in [0.2, 0.25) is 0 Å². The van der Waals surface area contributed by atoms with Crippen molar-refractivity contribution in [2.24, 2.45) is 5.41 Å². The zero-order valence-corrected chi connectivity index (χ0v) is 22.8. The Morgan fingerprint density at radius 3 is 2.56 bits per heavy atom. The lowest BCUT2D eigenvalue weighted by Crippen LogP contribution is -2.51. The number of carbonyl (C=O) groups excluding carboxylic acids is 3. The van der Waals surface area contributed by atoms with Gasteiger partial charge in [-0.2, -0.15) is 0 Å². The topological polar surface area (TPSA) is 96.8 Å². The Labute approximate surface area is 229 Å². The molecule has 0 aliphatic carbocycles. The second kappa shape index (κ2) is 11.5. The number of nitrogens with one attached hydrogen (secondary N) is 1. The molecule has 2 aliphatic rings. The van der Waals surface area contributed by atoms with E-state index in [0.717, 1.165) is 36.1 Å². The number of likely N-dealkylation sites (N-methyl/N-ethyl adjacent to an activating group) is 1. The van der Waals surface area contributed by atoms with Crippen LogP contribution in [0.25, 0.3) is 11.0 Å². The summed E-state index contributed by atoms with van der Waals surface area (Å²) in [6, 6.07) is 15.0. The van der Waals surface area contributed by atoms with E-state index in [2.05, 4.69) is 10.3 Å². The van der Waals surface area contributed by atoms with Gasteiger partial charge >= 0.3 is 0 Å². The molecule has 9 nitrogen and oxygen atoms in total. The molecule has 39 heavy (non-hydrogen) atoms. The Hall–Kier alpha value is -3.88. The molecule has 0 bridgehead atoms. The number of para-hydroxylation sites is 3. The van der Waals surface area contributed by atoms with E-state index in [1.165, 1.54) is 0 Å². The third-order valence-corrected chi connectivity index (χ3v) is 8.20. The highest BCUT2D eigenvalue weighted by Gasteiger charge is 2.43. The molecular weight excluding hydrogens is 494 g/mol. The summed E-state index contributed by atoms with van der Waals surface area (Å²) < 4.78 is 7.89. The van der Waals surface area contributed by atoms with E-state index >= 15 is 0 Å². The van der Waals surface area contributed by atoms with Crippen LogP contribution in [-0.4, -0.2) is 76.9 Å². The number of ether oxygens (including phenoxy) is 1. The summed E-state index contributed by atoms with van der Waals surface area (Å²) in [5.74, 6) is 1.36. The van der Waals surface area contributed by atoms with Crippen LogP contribution in [0.1, 0.15) is 48.3 Å². The molecule has 3 amide bonds. The first-order valence-electron chi connectivity index (χ1n) is 13.8. The molecule has 1 aromatic heterocycles. The maximum Gasteiger partial charge on any atom is 0.255 e. The fourth-order valence-corrected chi connectivity index (χ4v) is 5.85. The number of carbonyl (C=O) groups is 3. The lowest BCUT2D eigenvalue weighted by molar-refractivity contribution is -0.148. The van der Waals surface area contributed by atoms with Gasteiger partial charge in [-0.15, -0.1) is 0 Å². The number of piperidine rings is 1. The number of hydrogen-bond donors (Lipinski definition) is 1. The minimum absolute atomic E-state index is 0.0487. The minimum Gasteiger partial charge on any atom is -0.491 e. The number of benzene rings is 2. The van der Waals surface area contributed by atoms with Crippen LogP contribution in [0.5, 0.6) is 5.75 Å². The molecule has 1 fully saturated rings. The number of nitrogens with zero attached hydrogens (tertiary/aromatic N) is 4. The van der Waals surface area contributed by atoms with Crippen molar-refractivity contribution in [3.8, 4) is 5.75 Å². The largest absolute Gasteiger partial charge is 0.491 e. The summed E-state index contributed by atoms with van der Waals surface area (Å²) in [5.41, 5.74) is 1.83. The van der Waals surface area contributed by atoms with Gasteiger partial charge in [-0.25, -0.2) is 4.98 Å². The highest BCUT2D eigenvalue weighted by atomic mass is 16.5. The van der Waals surface area contributed by atoms with Crippen LogP contribution in [0.15, 0.2) is 48.5 Å². The first-order valence-corrected chi connectivity index (χ1v) is 13.8. The molecule has 1 saturated heterocycles. The molecule has 2 aliphatic heterocycles. The number of amides is 3. The summed E-state index contributed by atoms with van der Waals surface area (Å²) in [6.45, 7) is 4.52. The molecular formula is C30H37N5O4. The van der Waals surface area contributed by atoms with E-state index in [4.69, 9.17) is 4.74 Å². The Kier molecular flexibility index (Phi) is 7.86. The molecule has 0 radical (unpaired) electrons. The lowest BCUT2D eigenvalue weighted by Gasteiger charge is -2.43. The van der Waals surface area contributed by atoms with Crippen molar-refractivity contribution in [1.29, 1.82) is 0 Å². The zero-order valence-electron chi connectivity index (χ0n) is 22.8. The van der Waals surface area contributed by atoms with Gasteiger partial charge < -0.3 is 24.4 Å². The zero-order chi connectivity index (χ0) is 27.4. The fourth-order valence-electron chi connectivity index (χ4n) is 5.85. The Morgan fingerprint density at radius 2 is 1.74 bits per heavy atom. The average molecular weight is 532 g/mol. The van der Waals surface area contributed by atoms with Crippen LogP contribution >= 0.6 is 0 Å². The third-order valence-electron chi connectivity index (χ3n) is 8.20. The minimum atomic E-state index is -0.519. The van der Waals surface area contributed by atoms with Crippen molar-refractivity contribution >= 4 is 28.8 Å². The van der Waals surface area contributed by atoms with E-state index in [9.17, 15) is 14.4 Å². The highest BCUT2D eigenvalue weighted by molar-refractivity contribution is 5.96. The maximum absolute atomic E-state index is 13.8. The molecule has 0 saturated carbocycles. The fraction of sp³-hybridized carbons (Fsp3) is 0.467. The van der Waals surface area contributed by atoms with Gasteiger partial charge in [0.25, 0.3) is 5.91 Å². The van der Waals surface area contributed by atoms with Crippen molar-refractivity contribution in [2.75, 3.05) is 39.8 Å². The molecule has 0 atom stereocenters. The Morgan fingerprint density at radius 1 is 1.00 bits per heavy atom. The number of hydrogen-bond acceptors (Lipinski definition) is 5. The predicted octanol–water partition coefficient (Wildman–Crippen LogP) is 3.40. The summed E-state index contributed by atoms with van der Waals surface area (Å²) in [5, 5.41) is 2.99. The van der Waals surface area contributed by atoms with Crippen molar-refractivity contribution < 1.29 is 19.1 Å². The lowest BCUT2D eigenvalue weighted by atomic mass is 9.73. The second-order valence-electron chi connectivity index (χ2n) is 10.7. The third kappa shape index (κ3) is 5.62. The second-order valence-corrected chi connectivity index (χ2v) is 10.7. The summed E-state index contributed by atoms with van der Waals surface area (Å²) in [6.07, 6.45) is 3.59. The van der Waals surface area contributed by atoms with Gasteiger partial charge in [0.2, 0.25) is 11.8 Å². The smallest absolute Gasteiger partial charge is 0.255 e. The molecule has 9 heteroatoms. The van der Waals surface area contributed by atoms with Crippen molar-refractivity contribution in [2.45, 2.75) is 45.6 Å². The summed E-state index contributed by atoms with van der Waals surface area (Å²) in [4.78, 5) is 48.0. The number of fused-ring (bicyclic) bond motifs is 2. The van der Waals surface area contributed by atoms with Crippen LogP contribution < -0.4 is 10.1 Å². The van der Waals surface area contributed by atoms with E-state index in [1.807, 2.05) is 59.8 Å². The number of aryl methyl sites for hydroxylation is 1. The number of rotatable bonds is 2. The SMILES string of the molecule is Cc1nc2ccccc2n1CC(=O)N1CCC2(CCCCNC(=O)c3ccccc3OCCN(C)C2=O)CC1. The summed E-state index contributed by atoms with van der Waals surface area (Å²) in [7, 11) is 1.82. The first-order chi connectivity index (χ1) is 18.9. The van der Waals surface area contributed by atoms with Crippen molar-refractivity contribution in [1.82, 2.24) is 24.7 Å². The molecule has 0 unspecified atom stereocenters. The van der Waals surface area contributed by atoms with Crippen LogP contribution in [0.3, 0.4) is 0 Å². The van der Waals surface area contributed by atoms with Gasteiger partial charge in [-0.3, -0.25) is 14.4 Å². The molecule has 3 heterocycles. The standard InChI is InChI=1S/C30H37N5O4/c1-22-32-24-10-4-5-11-25(24)35(22)21-27(36)34-17-14-30(15-18-34)13-7-8-16-31-28(37)23-9-3-6-12-26(23)39-20-19-33(2)29(30)38/h3-6,9-12H,7-8,13-21H2,1-2H3,(H,31,37). The van der Waals surface area contributed by atoms with Crippen LogP contribution in [-0.2, 0) is 16.1 Å². The molecule has 206 valence electrons. The quantitative estimate of drug-likeness (QED) is 0.547. The average Bonchev–Trinajstić information content (AvgIpc) is 3.26. The molecule has 3 aromatic rings. The number of imidazole rings is 1. The number of likely N-dealkylation sites (tertiary alicyclic amines) is 1. The van der Waals surface area contributed by atoms with Crippen molar-refractivity contribution in [3.05, 3.63) is 59.9 Å². The Balaban J connectivity index is 1.26. The molecule has 2 aromatic carbocycles. The predicted molar refractivity (Wildman–Crippen MR) is 148 cm³/mol. The van der Waals surface area contributed by atoms with Gasteiger partial charge in [0.15, 0.2) is 0 Å². The monoisotopic (exact) mass is 531 g/mol. The Bertz CT molecular complexity index is 1360. The number of aromatic nitrogens is 2. The van der Waals surface area contributed by atoms with E-state index in [0.29, 0.717) is 56.9 Å². The van der Waals surface area contributed by atoms with Gasteiger partial charge in [-0.1, -0.05) is 30.7 Å². The van der Waals surface area contributed by atoms with Gasteiger partial charge in [0.1, 0.15) is 24.7 Å². The van der Waals surface area contributed by atoms with E-state index in [1.54, 1.807) is 17.0 Å². The van der Waals surface area contributed by atoms with E-state index < -0.39 is 5.41 Å². The first kappa shape index (κ1) is 26.7. The normalized spacial score (nSPS) is 18.8. The van der Waals surface area contributed by atoms with Crippen molar-refractivity contribution in [3.63, 3.8) is 0 Å². The van der Waals surface area contributed by atoms with Crippen LogP contribution in [0, 0.1) is 12.3 Å². The van der Waals surface area contributed by atoms with Gasteiger partial charge in [-0.05, 0) is 56.9 Å². The molecule has 5 rings (SSSR count). The molecule has 1 spiro atoms. The highest BCUT2D eigenvalue weighted by Crippen LogP contribution is 2.38. The van der Waals surface area contributed by atoms with E-state index in [-0.39, 0.29) is 24.3 Å².